The molecule has 3 rings (SSSR count). The van der Waals surface area contributed by atoms with Gasteiger partial charge in [0.25, 0.3) is 0 Å². The van der Waals surface area contributed by atoms with Gasteiger partial charge in [-0.25, -0.2) is 0 Å². The summed E-state index contributed by atoms with van der Waals surface area (Å²) in [5.74, 6) is 0.168. The Labute approximate surface area is 88.6 Å². The number of hydrogen-bond acceptors (Lipinski definition) is 3. The van der Waals surface area contributed by atoms with Gasteiger partial charge in [0, 0.05) is 6.54 Å². The molecule has 2 heterocycles. The summed E-state index contributed by atoms with van der Waals surface area (Å²) in [4.78, 5) is 25.3. The van der Waals surface area contributed by atoms with Gasteiger partial charge in [-0.05, 0) is 19.3 Å². The van der Waals surface area contributed by atoms with E-state index in [2.05, 4.69) is 0 Å². The largest absolute Gasteiger partial charge is 0.373 e. The minimum atomic E-state index is 0.0117. The van der Waals surface area contributed by atoms with Gasteiger partial charge in [-0.3, -0.25) is 14.5 Å². The third-order valence-electron chi connectivity index (χ3n) is 3.76. The third-order valence-corrected chi connectivity index (χ3v) is 3.76. The van der Waals surface area contributed by atoms with Gasteiger partial charge in [-0.2, -0.15) is 0 Å². The number of nitrogens with zero attached hydrogens (tertiary/aromatic N) is 1. The molecule has 2 amide bonds. The Hall–Kier alpha value is -0.900. The molecule has 2 aliphatic heterocycles. The molecule has 1 saturated carbocycles. The predicted molar refractivity (Wildman–Crippen MR) is 51.9 cm³/mol. The number of carbonyl (C=O) groups is 2. The SMILES string of the molecule is O=C1C2CCCC2C(=O)N1CCC1CO1. The van der Waals surface area contributed by atoms with Crippen molar-refractivity contribution in [3.63, 3.8) is 0 Å². The average molecular weight is 209 g/mol. The fourth-order valence-electron chi connectivity index (χ4n) is 2.79. The summed E-state index contributed by atoms with van der Waals surface area (Å²) < 4.78 is 5.08. The van der Waals surface area contributed by atoms with Crippen LogP contribution in [0.25, 0.3) is 0 Å². The number of carbonyl (C=O) groups excluding carboxylic acids is 2. The van der Waals surface area contributed by atoms with Crippen LogP contribution >= 0.6 is 0 Å². The number of rotatable bonds is 3. The van der Waals surface area contributed by atoms with E-state index in [0.29, 0.717) is 12.6 Å². The van der Waals surface area contributed by atoms with Crippen molar-refractivity contribution in [3.05, 3.63) is 0 Å². The number of imide groups is 1. The van der Waals surface area contributed by atoms with Crippen LogP contribution in [0.4, 0.5) is 0 Å². The van der Waals surface area contributed by atoms with Crippen molar-refractivity contribution >= 4 is 11.8 Å². The van der Waals surface area contributed by atoms with Crippen molar-refractivity contribution in [2.45, 2.75) is 31.8 Å². The standard InChI is InChI=1S/C11H15NO3/c13-10-8-2-1-3-9(8)11(14)12(10)5-4-7-6-15-7/h7-9H,1-6H2. The molecule has 0 aromatic rings. The van der Waals surface area contributed by atoms with E-state index < -0.39 is 0 Å². The van der Waals surface area contributed by atoms with E-state index in [1.165, 1.54) is 4.90 Å². The van der Waals surface area contributed by atoms with Gasteiger partial charge in [0.15, 0.2) is 0 Å². The molecule has 0 N–H and O–H groups in total. The van der Waals surface area contributed by atoms with Gasteiger partial charge in [-0.1, -0.05) is 6.42 Å². The normalized spacial score (nSPS) is 38.7. The van der Waals surface area contributed by atoms with E-state index in [0.717, 1.165) is 32.3 Å². The summed E-state index contributed by atoms with van der Waals surface area (Å²) in [6.45, 7) is 1.36. The first-order chi connectivity index (χ1) is 7.27. The lowest BCUT2D eigenvalue weighted by Gasteiger charge is -2.14. The fourth-order valence-corrected chi connectivity index (χ4v) is 2.79. The summed E-state index contributed by atoms with van der Waals surface area (Å²) >= 11 is 0. The van der Waals surface area contributed by atoms with Crippen LogP contribution in [0.2, 0.25) is 0 Å². The summed E-state index contributed by atoms with van der Waals surface area (Å²) in [6.07, 6.45) is 3.96. The van der Waals surface area contributed by atoms with E-state index in [4.69, 9.17) is 4.74 Å². The van der Waals surface area contributed by atoms with Gasteiger partial charge in [0.05, 0.1) is 24.5 Å². The average Bonchev–Trinajstić information content (AvgIpc) is 2.87. The summed E-state index contributed by atoms with van der Waals surface area (Å²) in [6, 6.07) is 0. The topological polar surface area (TPSA) is 49.9 Å². The summed E-state index contributed by atoms with van der Waals surface area (Å²) in [5.41, 5.74) is 0. The molecular formula is C11H15NO3. The molecule has 0 aromatic heterocycles. The first-order valence-corrected chi connectivity index (χ1v) is 5.74. The van der Waals surface area contributed by atoms with E-state index in [9.17, 15) is 9.59 Å². The molecule has 1 aliphatic carbocycles. The second kappa shape index (κ2) is 3.30. The Morgan fingerprint density at radius 3 is 2.33 bits per heavy atom. The Kier molecular flexibility index (Phi) is 2.06. The Morgan fingerprint density at radius 1 is 1.20 bits per heavy atom. The molecule has 4 nitrogen and oxygen atoms in total. The number of ether oxygens (including phenoxy) is 1. The zero-order valence-corrected chi connectivity index (χ0v) is 8.65. The number of epoxide rings is 1. The Balaban J connectivity index is 1.67. The van der Waals surface area contributed by atoms with Crippen molar-refractivity contribution in [2.75, 3.05) is 13.2 Å². The molecule has 0 radical (unpaired) electrons. The maximum atomic E-state index is 11.9. The van der Waals surface area contributed by atoms with Crippen molar-refractivity contribution in [2.24, 2.45) is 11.8 Å². The van der Waals surface area contributed by atoms with Crippen LogP contribution in [0.1, 0.15) is 25.7 Å². The Morgan fingerprint density at radius 2 is 1.80 bits per heavy atom. The number of likely N-dealkylation sites (tertiary alicyclic amines) is 1. The van der Waals surface area contributed by atoms with E-state index in [-0.39, 0.29) is 23.7 Å². The van der Waals surface area contributed by atoms with Crippen molar-refractivity contribution < 1.29 is 14.3 Å². The molecule has 3 unspecified atom stereocenters. The lowest BCUT2D eigenvalue weighted by molar-refractivity contribution is -0.140. The molecule has 0 bridgehead atoms. The smallest absolute Gasteiger partial charge is 0.233 e. The molecule has 15 heavy (non-hydrogen) atoms. The fraction of sp³-hybridized carbons (Fsp3) is 0.818. The van der Waals surface area contributed by atoms with Gasteiger partial charge in [-0.15, -0.1) is 0 Å². The van der Waals surface area contributed by atoms with Crippen LogP contribution in [-0.2, 0) is 14.3 Å². The molecule has 82 valence electrons. The third kappa shape index (κ3) is 1.47. The molecule has 3 fully saturated rings. The quantitative estimate of drug-likeness (QED) is 0.504. The lowest BCUT2D eigenvalue weighted by atomic mass is 10.00. The number of hydrogen-bond donors (Lipinski definition) is 0. The maximum Gasteiger partial charge on any atom is 0.233 e. The number of amides is 2. The summed E-state index contributed by atoms with van der Waals surface area (Å²) in [5, 5.41) is 0. The second-order valence-corrected chi connectivity index (χ2v) is 4.72. The van der Waals surface area contributed by atoms with Crippen LogP contribution in [-0.4, -0.2) is 36.0 Å². The second-order valence-electron chi connectivity index (χ2n) is 4.72. The van der Waals surface area contributed by atoms with E-state index in [1.54, 1.807) is 0 Å². The molecule has 3 atom stereocenters. The molecule has 0 spiro atoms. The first kappa shape index (κ1) is 9.33. The Bertz CT molecular complexity index is 289. The highest BCUT2D eigenvalue weighted by Gasteiger charge is 2.49. The first-order valence-electron chi connectivity index (χ1n) is 5.74. The highest BCUT2D eigenvalue weighted by atomic mass is 16.6. The van der Waals surface area contributed by atoms with Crippen molar-refractivity contribution in [1.29, 1.82) is 0 Å². The van der Waals surface area contributed by atoms with Crippen LogP contribution in [0.15, 0.2) is 0 Å². The van der Waals surface area contributed by atoms with Gasteiger partial charge in [0.1, 0.15) is 0 Å². The van der Waals surface area contributed by atoms with E-state index in [1.807, 2.05) is 0 Å². The van der Waals surface area contributed by atoms with Crippen LogP contribution in [0, 0.1) is 11.8 Å². The van der Waals surface area contributed by atoms with Crippen LogP contribution in [0.5, 0.6) is 0 Å². The lowest BCUT2D eigenvalue weighted by Crippen LogP contribution is -2.33. The zero-order valence-electron chi connectivity index (χ0n) is 8.65. The molecule has 2 saturated heterocycles. The van der Waals surface area contributed by atoms with Crippen LogP contribution < -0.4 is 0 Å². The van der Waals surface area contributed by atoms with Gasteiger partial charge >= 0.3 is 0 Å². The predicted octanol–water partition coefficient (Wildman–Crippen LogP) is 0.560. The number of fused-ring (bicyclic) bond motifs is 1. The van der Waals surface area contributed by atoms with Gasteiger partial charge in [0.2, 0.25) is 11.8 Å². The van der Waals surface area contributed by atoms with Gasteiger partial charge < -0.3 is 4.74 Å². The van der Waals surface area contributed by atoms with Crippen molar-refractivity contribution in [3.8, 4) is 0 Å². The van der Waals surface area contributed by atoms with Crippen molar-refractivity contribution in [1.82, 2.24) is 4.90 Å². The monoisotopic (exact) mass is 209 g/mol. The molecule has 3 aliphatic rings. The minimum absolute atomic E-state index is 0.0117. The molecule has 0 aromatic carbocycles. The zero-order chi connectivity index (χ0) is 10.4. The summed E-state index contributed by atoms with van der Waals surface area (Å²) in [7, 11) is 0. The van der Waals surface area contributed by atoms with Crippen LogP contribution in [0.3, 0.4) is 0 Å². The molecule has 4 heteroatoms. The minimum Gasteiger partial charge on any atom is -0.373 e. The van der Waals surface area contributed by atoms with E-state index >= 15 is 0 Å². The molecular weight excluding hydrogens is 194 g/mol. The highest BCUT2D eigenvalue weighted by molar-refractivity contribution is 6.05. The highest BCUT2D eigenvalue weighted by Crippen LogP contribution is 2.39. The maximum absolute atomic E-state index is 11.9.